The lowest BCUT2D eigenvalue weighted by Gasteiger charge is -2.07. The van der Waals surface area contributed by atoms with Crippen molar-refractivity contribution in [2.75, 3.05) is 0 Å². The Hall–Kier alpha value is -2.11. The Balaban J connectivity index is 2.31. The molecule has 0 bridgehead atoms. The maximum atomic E-state index is 12.4. The van der Waals surface area contributed by atoms with Crippen LogP contribution in [0.1, 0.15) is 22.8 Å². The lowest BCUT2D eigenvalue weighted by molar-refractivity contribution is -0.137. The second kappa shape index (κ2) is 4.29. The molecule has 0 N–H and O–H groups in total. The van der Waals surface area contributed by atoms with E-state index in [0.29, 0.717) is 11.3 Å². The fraction of sp³-hybridized carbons (Fsp3) is 0.167. The molecule has 0 aliphatic carbocycles. The Morgan fingerprint density at radius 2 is 1.83 bits per heavy atom. The number of benzene rings is 1. The van der Waals surface area contributed by atoms with Crippen molar-refractivity contribution < 1.29 is 18.0 Å². The maximum Gasteiger partial charge on any atom is 0.416 e. The Labute approximate surface area is 101 Å². The molecule has 0 unspecified atom stereocenters. The lowest BCUT2D eigenvalue weighted by Crippen LogP contribution is -2.05. The second-order valence-electron chi connectivity index (χ2n) is 3.77. The SMILES string of the molecule is CC(=O)c1cnn(-c2ccc(C(F)(F)F)cc2)c1. The molecule has 0 saturated heterocycles. The molecule has 0 aliphatic rings. The number of hydrogen-bond acceptors (Lipinski definition) is 2. The van der Waals surface area contributed by atoms with E-state index in [4.69, 9.17) is 0 Å². The first-order valence-electron chi connectivity index (χ1n) is 5.11. The maximum absolute atomic E-state index is 12.4. The average molecular weight is 254 g/mol. The number of carbonyl (C=O) groups is 1. The van der Waals surface area contributed by atoms with Gasteiger partial charge in [-0.2, -0.15) is 18.3 Å². The molecule has 0 amide bonds. The number of alkyl halides is 3. The van der Waals surface area contributed by atoms with E-state index in [1.54, 1.807) is 0 Å². The van der Waals surface area contributed by atoms with Crippen LogP contribution in [0.5, 0.6) is 0 Å². The number of halogens is 3. The summed E-state index contributed by atoms with van der Waals surface area (Å²) >= 11 is 0. The first kappa shape index (κ1) is 12.3. The van der Waals surface area contributed by atoms with Crippen LogP contribution in [0.15, 0.2) is 36.7 Å². The molecule has 2 aromatic rings. The van der Waals surface area contributed by atoms with E-state index < -0.39 is 11.7 Å². The largest absolute Gasteiger partial charge is 0.416 e. The predicted molar refractivity (Wildman–Crippen MR) is 58.6 cm³/mol. The van der Waals surface area contributed by atoms with Crippen LogP contribution < -0.4 is 0 Å². The third kappa shape index (κ3) is 2.42. The van der Waals surface area contributed by atoms with Crippen molar-refractivity contribution in [3.8, 4) is 5.69 Å². The molecule has 0 spiro atoms. The van der Waals surface area contributed by atoms with Crippen LogP contribution in [0.4, 0.5) is 13.2 Å². The zero-order chi connectivity index (χ0) is 13.3. The first-order valence-corrected chi connectivity index (χ1v) is 5.11. The molecular formula is C12H9F3N2O. The molecule has 2 rings (SSSR count). The van der Waals surface area contributed by atoms with Gasteiger partial charge in [0, 0.05) is 6.20 Å². The van der Waals surface area contributed by atoms with Gasteiger partial charge in [0.05, 0.1) is 23.0 Å². The average Bonchev–Trinajstić information content (AvgIpc) is 2.77. The Morgan fingerprint density at radius 1 is 1.22 bits per heavy atom. The molecule has 94 valence electrons. The smallest absolute Gasteiger partial charge is 0.294 e. The summed E-state index contributed by atoms with van der Waals surface area (Å²) in [5.74, 6) is -0.145. The van der Waals surface area contributed by atoms with Crippen LogP contribution in [0.25, 0.3) is 5.69 Å². The third-order valence-corrected chi connectivity index (χ3v) is 2.45. The highest BCUT2D eigenvalue weighted by molar-refractivity contribution is 5.93. The monoisotopic (exact) mass is 254 g/mol. The number of rotatable bonds is 2. The summed E-state index contributed by atoms with van der Waals surface area (Å²) in [5, 5.41) is 3.91. The molecule has 6 heteroatoms. The zero-order valence-corrected chi connectivity index (χ0v) is 9.40. The third-order valence-electron chi connectivity index (χ3n) is 2.45. The molecule has 1 heterocycles. The molecule has 0 radical (unpaired) electrons. The van der Waals surface area contributed by atoms with Gasteiger partial charge in [0.15, 0.2) is 5.78 Å². The number of carbonyl (C=O) groups excluding carboxylic acids is 1. The number of Topliss-reactive ketones (excluding diaryl/α,β-unsaturated/α-hetero) is 1. The highest BCUT2D eigenvalue weighted by Gasteiger charge is 2.30. The van der Waals surface area contributed by atoms with Gasteiger partial charge in [0.2, 0.25) is 0 Å². The molecule has 18 heavy (non-hydrogen) atoms. The fourth-order valence-corrected chi connectivity index (χ4v) is 1.45. The van der Waals surface area contributed by atoms with Crippen LogP contribution in [0.3, 0.4) is 0 Å². The van der Waals surface area contributed by atoms with Crippen molar-refractivity contribution in [2.45, 2.75) is 13.1 Å². The number of nitrogens with zero attached hydrogens (tertiary/aromatic N) is 2. The van der Waals surface area contributed by atoms with E-state index in [-0.39, 0.29) is 5.78 Å². The van der Waals surface area contributed by atoms with Gasteiger partial charge in [-0.1, -0.05) is 0 Å². The standard InChI is InChI=1S/C12H9F3N2O/c1-8(18)9-6-16-17(7-9)11-4-2-10(3-5-11)12(13,14)15/h2-7H,1H3. The van der Waals surface area contributed by atoms with Crippen LogP contribution in [-0.4, -0.2) is 15.6 Å². The zero-order valence-electron chi connectivity index (χ0n) is 9.40. The van der Waals surface area contributed by atoms with Gasteiger partial charge in [-0.05, 0) is 31.2 Å². The van der Waals surface area contributed by atoms with Gasteiger partial charge < -0.3 is 0 Å². The molecule has 0 aliphatic heterocycles. The Bertz CT molecular complexity index is 570. The molecule has 0 atom stereocenters. The van der Waals surface area contributed by atoms with Crippen LogP contribution in [0, 0.1) is 0 Å². The van der Waals surface area contributed by atoms with Gasteiger partial charge in [0.1, 0.15) is 0 Å². The van der Waals surface area contributed by atoms with Crippen molar-refractivity contribution in [2.24, 2.45) is 0 Å². The molecule has 0 fully saturated rings. The minimum atomic E-state index is -4.35. The van der Waals surface area contributed by atoms with Crippen LogP contribution >= 0.6 is 0 Å². The van der Waals surface area contributed by atoms with E-state index in [0.717, 1.165) is 12.1 Å². The lowest BCUT2D eigenvalue weighted by atomic mass is 10.2. The summed E-state index contributed by atoms with van der Waals surface area (Å²) in [4.78, 5) is 11.1. The Kier molecular flexibility index (Phi) is 2.94. The Morgan fingerprint density at radius 3 is 2.28 bits per heavy atom. The number of aromatic nitrogens is 2. The fourth-order valence-electron chi connectivity index (χ4n) is 1.45. The minimum absolute atomic E-state index is 0.145. The van der Waals surface area contributed by atoms with Crippen molar-refractivity contribution in [1.29, 1.82) is 0 Å². The topological polar surface area (TPSA) is 34.9 Å². The molecule has 1 aromatic heterocycles. The highest BCUT2D eigenvalue weighted by Crippen LogP contribution is 2.29. The summed E-state index contributed by atoms with van der Waals surface area (Å²) in [5.41, 5.74) is 0.163. The normalized spacial score (nSPS) is 11.6. The molecular weight excluding hydrogens is 245 g/mol. The second-order valence-corrected chi connectivity index (χ2v) is 3.77. The predicted octanol–water partition coefficient (Wildman–Crippen LogP) is 3.09. The van der Waals surface area contributed by atoms with E-state index in [9.17, 15) is 18.0 Å². The van der Waals surface area contributed by atoms with Gasteiger partial charge in [-0.15, -0.1) is 0 Å². The number of hydrogen-bond donors (Lipinski definition) is 0. The number of ketones is 1. The summed E-state index contributed by atoms with van der Waals surface area (Å²) in [7, 11) is 0. The van der Waals surface area contributed by atoms with Gasteiger partial charge in [0.25, 0.3) is 0 Å². The van der Waals surface area contributed by atoms with Crippen LogP contribution in [0.2, 0.25) is 0 Å². The van der Waals surface area contributed by atoms with Crippen molar-refractivity contribution in [1.82, 2.24) is 9.78 Å². The minimum Gasteiger partial charge on any atom is -0.294 e. The van der Waals surface area contributed by atoms with Crippen LogP contribution in [-0.2, 0) is 6.18 Å². The van der Waals surface area contributed by atoms with Gasteiger partial charge in [-0.3, -0.25) is 4.79 Å². The van der Waals surface area contributed by atoms with Crippen molar-refractivity contribution in [3.05, 3.63) is 47.8 Å². The summed E-state index contributed by atoms with van der Waals surface area (Å²) in [6, 6.07) is 4.56. The van der Waals surface area contributed by atoms with E-state index in [2.05, 4.69) is 5.10 Å². The summed E-state index contributed by atoms with van der Waals surface area (Å²) in [6.07, 6.45) is -1.50. The molecule has 1 aromatic carbocycles. The summed E-state index contributed by atoms with van der Waals surface area (Å²) in [6.45, 7) is 1.40. The molecule has 0 saturated carbocycles. The summed E-state index contributed by atoms with van der Waals surface area (Å²) < 4.78 is 38.5. The first-order chi connectivity index (χ1) is 8.38. The van der Waals surface area contributed by atoms with Crippen molar-refractivity contribution in [3.63, 3.8) is 0 Å². The van der Waals surface area contributed by atoms with Crippen molar-refractivity contribution >= 4 is 5.78 Å². The molecule has 3 nitrogen and oxygen atoms in total. The van der Waals surface area contributed by atoms with Gasteiger partial charge in [-0.25, -0.2) is 4.68 Å². The van der Waals surface area contributed by atoms with E-state index >= 15 is 0 Å². The highest BCUT2D eigenvalue weighted by atomic mass is 19.4. The van der Waals surface area contributed by atoms with E-state index in [1.807, 2.05) is 0 Å². The quantitative estimate of drug-likeness (QED) is 0.772. The van der Waals surface area contributed by atoms with Gasteiger partial charge >= 0.3 is 6.18 Å². The van der Waals surface area contributed by atoms with E-state index in [1.165, 1.54) is 36.1 Å².